The van der Waals surface area contributed by atoms with Crippen molar-refractivity contribution in [2.45, 2.75) is 26.3 Å². The van der Waals surface area contributed by atoms with Gasteiger partial charge in [0.05, 0.1) is 6.61 Å². The minimum Gasteiger partial charge on any atom is -0.384 e. The van der Waals surface area contributed by atoms with Crippen molar-refractivity contribution in [3.05, 3.63) is 22.4 Å². The molecule has 1 atom stereocenters. The number of hydrogen-bond acceptors (Lipinski definition) is 2. The molecule has 5 heteroatoms. The zero-order valence-electron chi connectivity index (χ0n) is 11.6. The van der Waals surface area contributed by atoms with E-state index in [0.717, 1.165) is 49.2 Å². The molecular formula is C14H21BrN2O2. The van der Waals surface area contributed by atoms with Gasteiger partial charge in [0.1, 0.15) is 5.69 Å². The van der Waals surface area contributed by atoms with Crippen LogP contribution in [0.1, 0.15) is 30.3 Å². The van der Waals surface area contributed by atoms with Crippen LogP contribution in [0.3, 0.4) is 0 Å². The molecule has 0 saturated carbocycles. The lowest BCUT2D eigenvalue weighted by Crippen LogP contribution is -2.31. The molecule has 2 heterocycles. The van der Waals surface area contributed by atoms with Crippen molar-refractivity contribution in [2.24, 2.45) is 5.92 Å². The van der Waals surface area contributed by atoms with E-state index in [4.69, 9.17) is 4.74 Å². The summed E-state index contributed by atoms with van der Waals surface area (Å²) in [6.45, 7) is 5.38. The van der Waals surface area contributed by atoms with Crippen molar-refractivity contribution < 1.29 is 9.53 Å². The fraction of sp³-hybridized carbons (Fsp3) is 0.643. The van der Waals surface area contributed by atoms with Crippen LogP contribution in [0.15, 0.2) is 16.7 Å². The number of ether oxygens (including phenoxy) is 1. The molecule has 1 amide bonds. The molecule has 1 aliphatic heterocycles. The molecular weight excluding hydrogens is 308 g/mol. The average Bonchev–Trinajstić information content (AvgIpc) is 2.97. The Morgan fingerprint density at radius 2 is 2.37 bits per heavy atom. The maximum Gasteiger partial charge on any atom is 0.270 e. The lowest BCUT2D eigenvalue weighted by molar-refractivity contribution is 0.0764. The second kappa shape index (κ2) is 6.57. The summed E-state index contributed by atoms with van der Waals surface area (Å²) in [6.07, 6.45) is 4.04. The number of carbonyl (C=O) groups is 1. The predicted octanol–water partition coefficient (Wildman–Crippen LogP) is 2.77. The Hall–Kier alpha value is -0.810. The largest absolute Gasteiger partial charge is 0.384 e. The highest BCUT2D eigenvalue weighted by atomic mass is 79.9. The summed E-state index contributed by atoms with van der Waals surface area (Å²) in [5, 5.41) is 0. The number of methoxy groups -OCH3 is 1. The molecule has 0 aliphatic carbocycles. The molecule has 106 valence electrons. The summed E-state index contributed by atoms with van der Waals surface area (Å²) >= 11 is 3.46. The Bertz CT molecular complexity index is 445. The summed E-state index contributed by atoms with van der Waals surface area (Å²) in [5.41, 5.74) is 0.784. The number of likely N-dealkylation sites (tertiary alicyclic amines) is 1. The summed E-state index contributed by atoms with van der Waals surface area (Å²) in [5.74, 6) is 0.615. The molecule has 2 rings (SSSR count). The lowest BCUT2D eigenvalue weighted by atomic mass is 10.1. The van der Waals surface area contributed by atoms with Gasteiger partial charge in [0.2, 0.25) is 0 Å². The van der Waals surface area contributed by atoms with E-state index in [-0.39, 0.29) is 5.91 Å². The smallest absolute Gasteiger partial charge is 0.270 e. The van der Waals surface area contributed by atoms with Crippen LogP contribution in [-0.2, 0) is 11.3 Å². The molecule has 1 aromatic heterocycles. The van der Waals surface area contributed by atoms with Crippen LogP contribution in [0.2, 0.25) is 0 Å². The third kappa shape index (κ3) is 3.39. The number of nitrogens with zero attached hydrogens (tertiary/aromatic N) is 2. The highest BCUT2D eigenvalue weighted by molar-refractivity contribution is 9.10. The molecule has 19 heavy (non-hydrogen) atoms. The lowest BCUT2D eigenvalue weighted by Gasteiger charge is -2.17. The minimum absolute atomic E-state index is 0.137. The standard InChI is InChI=1S/C14H21BrN2O2/c1-3-5-16-9-12(15)7-13(16)14(18)17-6-4-11(8-17)10-19-2/h7,9,11H,3-6,8,10H2,1-2H3. The van der Waals surface area contributed by atoms with Crippen LogP contribution in [-0.4, -0.2) is 42.2 Å². The quantitative estimate of drug-likeness (QED) is 0.832. The third-order valence-electron chi connectivity index (χ3n) is 3.52. The first-order valence-corrected chi connectivity index (χ1v) is 7.59. The third-order valence-corrected chi connectivity index (χ3v) is 3.96. The first kappa shape index (κ1) is 14.6. The van der Waals surface area contributed by atoms with E-state index in [0.29, 0.717) is 5.92 Å². The SMILES string of the molecule is CCCn1cc(Br)cc1C(=O)N1CCC(COC)C1. The van der Waals surface area contributed by atoms with Gasteiger partial charge in [0.25, 0.3) is 5.91 Å². The van der Waals surface area contributed by atoms with E-state index in [9.17, 15) is 4.79 Å². The van der Waals surface area contributed by atoms with Gasteiger partial charge >= 0.3 is 0 Å². The average molecular weight is 329 g/mol. The van der Waals surface area contributed by atoms with Crippen molar-refractivity contribution >= 4 is 21.8 Å². The molecule has 1 aromatic rings. The Morgan fingerprint density at radius 3 is 3.05 bits per heavy atom. The number of hydrogen-bond donors (Lipinski definition) is 0. The van der Waals surface area contributed by atoms with Crippen LogP contribution in [0.5, 0.6) is 0 Å². The van der Waals surface area contributed by atoms with Gasteiger partial charge < -0.3 is 14.2 Å². The second-order valence-corrected chi connectivity index (χ2v) is 6.01. The van der Waals surface area contributed by atoms with Gasteiger partial charge in [-0.05, 0) is 34.8 Å². The molecule has 0 aromatic carbocycles. The minimum atomic E-state index is 0.137. The van der Waals surface area contributed by atoms with Gasteiger partial charge in [-0.2, -0.15) is 0 Å². The molecule has 1 fully saturated rings. The molecule has 4 nitrogen and oxygen atoms in total. The van der Waals surface area contributed by atoms with E-state index in [1.807, 2.05) is 21.7 Å². The summed E-state index contributed by atoms with van der Waals surface area (Å²) in [7, 11) is 1.72. The Labute approximate surface area is 122 Å². The van der Waals surface area contributed by atoms with E-state index in [1.165, 1.54) is 0 Å². The second-order valence-electron chi connectivity index (χ2n) is 5.10. The normalized spacial score (nSPS) is 19.1. The van der Waals surface area contributed by atoms with E-state index < -0.39 is 0 Å². The molecule has 0 bridgehead atoms. The maximum atomic E-state index is 12.5. The predicted molar refractivity (Wildman–Crippen MR) is 78.3 cm³/mol. The van der Waals surface area contributed by atoms with Gasteiger partial charge in [0, 0.05) is 43.3 Å². The summed E-state index contributed by atoms with van der Waals surface area (Å²) in [6, 6.07) is 1.92. The fourth-order valence-electron chi connectivity index (χ4n) is 2.63. The zero-order valence-corrected chi connectivity index (χ0v) is 13.1. The van der Waals surface area contributed by atoms with Crippen molar-refractivity contribution in [1.82, 2.24) is 9.47 Å². The Kier molecular flexibility index (Phi) is 5.05. The highest BCUT2D eigenvalue weighted by Crippen LogP contribution is 2.22. The highest BCUT2D eigenvalue weighted by Gasteiger charge is 2.28. The zero-order chi connectivity index (χ0) is 13.8. The van der Waals surface area contributed by atoms with Crippen LogP contribution in [0.4, 0.5) is 0 Å². The molecule has 0 radical (unpaired) electrons. The van der Waals surface area contributed by atoms with Crippen molar-refractivity contribution in [1.29, 1.82) is 0 Å². The van der Waals surface area contributed by atoms with Crippen LogP contribution in [0.25, 0.3) is 0 Å². The molecule has 0 N–H and O–H groups in total. The van der Waals surface area contributed by atoms with Crippen molar-refractivity contribution in [2.75, 3.05) is 26.8 Å². The first-order chi connectivity index (χ1) is 9.15. The van der Waals surface area contributed by atoms with Crippen molar-refractivity contribution in [3.63, 3.8) is 0 Å². The molecule has 0 spiro atoms. The van der Waals surface area contributed by atoms with E-state index in [2.05, 4.69) is 22.9 Å². The Balaban J connectivity index is 2.07. The molecule has 1 aliphatic rings. The first-order valence-electron chi connectivity index (χ1n) is 6.79. The van der Waals surface area contributed by atoms with E-state index in [1.54, 1.807) is 7.11 Å². The number of aryl methyl sites for hydroxylation is 1. The van der Waals surface area contributed by atoms with Crippen LogP contribution < -0.4 is 0 Å². The molecule has 1 saturated heterocycles. The van der Waals surface area contributed by atoms with Gasteiger partial charge in [-0.25, -0.2) is 0 Å². The maximum absolute atomic E-state index is 12.5. The van der Waals surface area contributed by atoms with Gasteiger partial charge in [-0.15, -0.1) is 0 Å². The molecule has 1 unspecified atom stereocenters. The Morgan fingerprint density at radius 1 is 1.58 bits per heavy atom. The van der Waals surface area contributed by atoms with Gasteiger partial charge in [0.15, 0.2) is 0 Å². The monoisotopic (exact) mass is 328 g/mol. The summed E-state index contributed by atoms with van der Waals surface area (Å²) < 4.78 is 8.18. The number of carbonyl (C=O) groups excluding carboxylic acids is 1. The van der Waals surface area contributed by atoms with Gasteiger partial charge in [-0.1, -0.05) is 6.92 Å². The van der Waals surface area contributed by atoms with Crippen molar-refractivity contribution in [3.8, 4) is 0 Å². The number of aromatic nitrogens is 1. The van der Waals surface area contributed by atoms with Crippen LogP contribution in [0, 0.1) is 5.92 Å². The van der Waals surface area contributed by atoms with Gasteiger partial charge in [-0.3, -0.25) is 4.79 Å². The fourth-order valence-corrected chi connectivity index (χ4v) is 3.09. The topological polar surface area (TPSA) is 34.5 Å². The number of amides is 1. The number of halogens is 1. The van der Waals surface area contributed by atoms with Crippen LogP contribution >= 0.6 is 15.9 Å². The van der Waals surface area contributed by atoms with E-state index >= 15 is 0 Å². The number of rotatable bonds is 5. The summed E-state index contributed by atoms with van der Waals surface area (Å²) in [4.78, 5) is 14.5.